The van der Waals surface area contributed by atoms with Gasteiger partial charge in [0.1, 0.15) is 0 Å². The molecular weight excluding hydrogens is 270 g/mol. The summed E-state index contributed by atoms with van der Waals surface area (Å²) in [5, 5.41) is 3.23. The van der Waals surface area contributed by atoms with Crippen molar-refractivity contribution in [3.8, 4) is 0 Å². The molecule has 2 heteroatoms. The summed E-state index contributed by atoms with van der Waals surface area (Å²) in [6.07, 6.45) is 9.03. The minimum Gasteiger partial charge on any atom is -0.350 e. The Bertz CT molecular complexity index is 515. The van der Waals surface area contributed by atoms with Gasteiger partial charge in [-0.2, -0.15) is 0 Å². The Morgan fingerprint density at radius 2 is 1.64 bits per heavy atom. The summed E-state index contributed by atoms with van der Waals surface area (Å²) in [4.78, 5) is 12.6. The highest BCUT2D eigenvalue weighted by Gasteiger charge is 2.51. The average molecular weight is 297 g/mol. The molecule has 2 nitrogen and oxygen atoms in total. The molecule has 0 aliphatic heterocycles. The lowest BCUT2D eigenvalue weighted by atomic mass is 9.49. The number of rotatable bonds is 4. The van der Waals surface area contributed by atoms with Gasteiger partial charge in [0.2, 0.25) is 5.91 Å². The molecule has 0 saturated heterocycles. The average Bonchev–Trinajstić information content (AvgIpc) is 2.45. The van der Waals surface area contributed by atoms with Crippen molar-refractivity contribution in [1.29, 1.82) is 0 Å². The minimum absolute atomic E-state index is 0.114. The lowest BCUT2D eigenvalue weighted by molar-refractivity contribution is -0.130. The van der Waals surface area contributed by atoms with E-state index in [9.17, 15) is 4.79 Å². The first kappa shape index (κ1) is 14.3. The van der Waals surface area contributed by atoms with Crippen LogP contribution >= 0.6 is 0 Å². The number of nitrogens with one attached hydrogen (secondary N) is 1. The first-order valence-electron chi connectivity index (χ1n) is 8.96. The zero-order valence-corrected chi connectivity index (χ0v) is 13.6. The van der Waals surface area contributed by atoms with Crippen LogP contribution in [0.2, 0.25) is 0 Å². The van der Waals surface area contributed by atoms with Gasteiger partial charge in [-0.15, -0.1) is 0 Å². The number of hydrogen-bond acceptors (Lipinski definition) is 1. The van der Waals surface area contributed by atoms with Gasteiger partial charge in [0.05, 0.1) is 6.04 Å². The number of hydrogen-bond donors (Lipinski definition) is 1. The van der Waals surface area contributed by atoms with Crippen molar-refractivity contribution in [3.05, 3.63) is 35.9 Å². The standard InChI is InChI=1S/C20H27NO/c1-14(18-5-3-2-4-6-18)21-19(22)13-20-10-15-7-16(11-20)9-17(8-15)12-20/h2-6,14-17H,7-13H2,1H3,(H,21,22)/t14-,15?,16?,17?,20?/m0/s1. The van der Waals surface area contributed by atoms with Crippen molar-refractivity contribution in [2.75, 3.05) is 0 Å². The molecule has 0 spiro atoms. The Morgan fingerprint density at radius 3 is 2.18 bits per heavy atom. The van der Waals surface area contributed by atoms with E-state index in [1.807, 2.05) is 18.2 Å². The fourth-order valence-corrected chi connectivity index (χ4v) is 5.96. The van der Waals surface area contributed by atoms with Gasteiger partial charge in [-0.3, -0.25) is 4.79 Å². The molecule has 1 N–H and O–H groups in total. The summed E-state index contributed by atoms with van der Waals surface area (Å²) in [5.41, 5.74) is 1.54. The van der Waals surface area contributed by atoms with Crippen LogP contribution in [0.4, 0.5) is 0 Å². The lowest BCUT2D eigenvalue weighted by Crippen LogP contribution is -2.48. The predicted octanol–water partition coefficient (Wildman–Crippen LogP) is 4.47. The van der Waals surface area contributed by atoms with Gasteiger partial charge in [0.25, 0.3) is 0 Å². The Labute approximate surface area is 133 Å². The van der Waals surface area contributed by atoms with E-state index >= 15 is 0 Å². The van der Waals surface area contributed by atoms with Gasteiger partial charge in [0, 0.05) is 6.42 Å². The van der Waals surface area contributed by atoms with E-state index in [2.05, 4.69) is 24.4 Å². The van der Waals surface area contributed by atoms with Crippen LogP contribution in [0.5, 0.6) is 0 Å². The van der Waals surface area contributed by atoms with Crippen LogP contribution in [0.1, 0.15) is 63.5 Å². The number of carbonyl (C=O) groups is 1. The zero-order chi connectivity index (χ0) is 15.2. The van der Waals surface area contributed by atoms with Gasteiger partial charge in [-0.05, 0) is 74.2 Å². The third kappa shape index (κ3) is 2.68. The van der Waals surface area contributed by atoms with Gasteiger partial charge >= 0.3 is 0 Å². The molecule has 22 heavy (non-hydrogen) atoms. The zero-order valence-electron chi connectivity index (χ0n) is 13.6. The van der Waals surface area contributed by atoms with E-state index in [0.29, 0.717) is 5.41 Å². The van der Waals surface area contributed by atoms with E-state index in [1.165, 1.54) is 44.1 Å². The smallest absolute Gasteiger partial charge is 0.221 e. The maximum Gasteiger partial charge on any atom is 0.221 e. The highest BCUT2D eigenvalue weighted by atomic mass is 16.1. The third-order valence-corrected chi connectivity index (χ3v) is 6.38. The van der Waals surface area contributed by atoms with Gasteiger partial charge < -0.3 is 5.32 Å². The highest BCUT2D eigenvalue weighted by molar-refractivity contribution is 5.77. The maximum absolute atomic E-state index is 12.6. The molecule has 4 aliphatic rings. The Kier molecular flexibility index (Phi) is 3.51. The topological polar surface area (TPSA) is 29.1 Å². The van der Waals surface area contributed by atoms with Crippen LogP contribution in [0.15, 0.2) is 30.3 Å². The molecule has 4 bridgehead atoms. The van der Waals surface area contributed by atoms with Crippen LogP contribution in [0.25, 0.3) is 0 Å². The largest absolute Gasteiger partial charge is 0.350 e. The lowest BCUT2D eigenvalue weighted by Gasteiger charge is -2.56. The summed E-state index contributed by atoms with van der Waals surface area (Å²) in [6, 6.07) is 10.4. The molecule has 0 unspecified atom stereocenters. The van der Waals surface area contributed by atoms with E-state index in [0.717, 1.165) is 24.2 Å². The molecule has 0 aromatic heterocycles. The summed E-state index contributed by atoms with van der Waals surface area (Å²) >= 11 is 0. The molecule has 0 heterocycles. The Hall–Kier alpha value is -1.31. The highest BCUT2D eigenvalue weighted by Crippen LogP contribution is 2.61. The van der Waals surface area contributed by atoms with Crippen LogP contribution in [-0.2, 0) is 4.79 Å². The molecule has 4 aliphatic carbocycles. The van der Waals surface area contributed by atoms with Gasteiger partial charge in [-0.1, -0.05) is 30.3 Å². The second kappa shape index (κ2) is 5.40. The molecule has 118 valence electrons. The molecule has 1 amide bonds. The van der Waals surface area contributed by atoms with Crippen LogP contribution in [-0.4, -0.2) is 5.91 Å². The number of amides is 1. The second-order valence-electron chi connectivity index (χ2n) is 8.29. The summed E-state index contributed by atoms with van der Waals surface area (Å²) < 4.78 is 0. The van der Waals surface area contributed by atoms with Crippen LogP contribution < -0.4 is 5.32 Å². The van der Waals surface area contributed by atoms with Crippen molar-refractivity contribution >= 4 is 5.91 Å². The van der Waals surface area contributed by atoms with E-state index < -0.39 is 0 Å². The third-order valence-electron chi connectivity index (χ3n) is 6.38. The summed E-state index contributed by atoms with van der Waals surface area (Å²) in [5.74, 6) is 3.03. The van der Waals surface area contributed by atoms with Crippen LogP contribution in [0, 0.1) is 23.2 Å². The van der Waals surface area contributed by atoms with Crippen LogP contribution in [0.3, 0.4) is 0 Å². The van der Waals surface area contributed by atoms with Crippen molar-refractivity contribution in [2.45, 2.75) is 57.9 Å². The molecule has 4 fully saturated rings. The fourth-order valence-electron chi connectivity index (χ4n) is 5.96. The quantitative estimate of drug-likeness (QED) is 0.873. The maximum atomic E-state index is 12.6. The minimum atomic E-state index is 0.114. The van der Waals surface area contributed by atoms with Gasteiger partial charge in [-0.25, -0.2) is 0 Å². The fraction of sp³-hybridized carbons (Fsp3) is 0.650. The first-order chi connectivity index (χ1) is 10.6. The molecule has 4 saturated carbocycles. The predicted molar refractivity (Wildman–Crippen MR) is 88.2 cm³/mol. The normalized spacial score (nSPS) is 37.0. The summed E-state index contributed by atoms with van der Waals surface area (Å²) in [6.45, 7) is 2.09. The molecule has 5 rings (SSSR count). The first-order valence-corrected chi connectivity index (χ1v) is 8.96. The number of carbonyl (C=O) groups excluding carboxylic acids is 1. The Morgan fingerprint density at radius 1 is 1.09 bits per heavy atom. The number of benzene rings is 1. The second-order valence-corrected chi connectivity index (χ2v) is 8.29. The molecule has 0 radical (unpaired) electrons. The van der Waals surface area contributed by atoms with Gasteiger partial charge in [0.15, 0.2) is 0 Å². The van der Waals surface area contributed by atoms with Crippen molar-refractivity contribution in [3.63, 3.8) is 0 Å². The van der Waals surface area contributed by atoms with Crippen molar-refractivity contribution in [2.24, 2.45) is 23.2 Å². The molecule has 1 aromatic carbocycles. The van der Waals surface area contributed by atoms with Crippen molar-refractivity contribution in [1.82, 2.24) is 5.32 Å². The summed E-state index contributed by atoms with van der Waals surface area (Å²) in [7, 11) is 0. The SMILES string of the molecule is C[C@H](NC(=O)CC12CC3CC(CC(C3)C1)C2)c1ccccc1. The molecule has 1 atom stereocenters. The molecule has 1 aromatic rings. The Balaban J connectivity index is 1.40. The monoisotopic (exact) mass is 297 g/mol. The van der Waals surface area contributed by atoms with E-state index in [-0.39, 0.29) is 11.9 Å². The molecular formula is C20H27NO. The van der Waals surface area contributed by atoms with E-state index in [4.69, 9.17) is 0 Å². The van der Waals surface area contributed by atoms with Crippen molar-refractivity contribution < 1.29 is 4.79 Å². The van der Waals surface area contributed by atoms with E-state index in [1.54, 1.807) is 0 Å².